The molecule has 1 aromatic heterocycles. The third-order valence-corrected chi connectivity index (χ3v) is 3.84. The van der Waals surface area contributed by atoms with E-state index in [0.29, 0.717) is 5.75 Å². The van der Waals surface area contributed by atoms with Gasteiger partial charge in [-0.15, -0.1) is 0 Å². The molecule has 0 aliphatic rings. The first kappa shape index (κ1) is 12.8. The first-order chi connectivity index (χ1) is 7.63. The fraction of sp³-hybridized carbons (Fsp3) is 0.455. The number of pyridine rings is 1. The van der Waals surface area contributed by atoms with Gasteiger partial charge in [-0.25, -0.2) is 0 Å². The maximum Gasteiger partial charge on any atom is 0.306 e. The van der Waals surface area contributed by atoms with Crippen LogP contribution in [0.25, 0.3) is 0 Å². The van der Waals surface area contributed by atoms with Crippen LogP contribution in [0.2, 0.25) is 0 Å². The van der Waals surface area contributed by atoms with E-state index in [2.05, 4.69) is 9.72 Å². The molecule has 0 amide bonds. The minimum atomic E-state index is -1.08. The summed E-state index contributed by atoms with van der Waals surface area (Å²) in [5, 5.41) is -0.201. The topological polar surface area (TPSA) is 56.3 Å². The Kier molecular flexibility index (Phi) is 5.11. The summed E-state index contributed by atoms with van der Waals surface area (Å²) in [6.07, 6.45) is 3.54. The lowest BCUT2D eigenvalue weighted by atomic mass is 10.3. The van der Waals surface area contributed by atoms with Gasteiger partial charge in [0.1, 0.15) is 0 Å². The lowest BCUT2D eigenvalue weighted by Gasteiger charge is -2.09. The first-order valence-electron chi connectivity index (χ1n) is 4.96. The molecule has 0 bridgehead atoms. The van der Waals surface area contributed by atoms with Crippen molar-refractivity contribution >= 4 is 16.8 Å². The summed E-state index contributed by atoms with van der Waals surface area (Å²) in [5.41, 5.74) is 0.914. The Morgan fingerprint density at radius 2 is 2.38 bits per heavy atom. The highest BCUT2D eigenvalue weighted by Crippen LogP contribution is 2.09. The molecule has 1 rings (SSSR count). The van der Waals surface area contributed by atoms with E-state index in [4.69, 9.17) is 0 Å². The van der Waals surface area contributed by atoms with Crippen molar-refractivity contribution in [1.82, 2.24) is 4.98 Å². The number of ether oxygens (including phenoxy) is 1. The molecule has 1 heterocycles. The van der Waals surface area contributed by atoms with E-state index < -0.39 is 10.8 Å². The molecular formula is C11H15NO3S. The maximum absolute atomic E-state index is 11.8. The maximum atomic E-state index is 11.8. The van der Waals surface area contributed by atoms with Gasteiger partial charge < -0.3 is 4.74 Å². The van der Waals surface area contributed by atoms with Crippen LogP contribution in [0.15, 0.2) is 24.5 Å². The highest BCUT2D eigenvalue weighted by molar-refractivity contribution is 7.84. The Labute approximate surface area is 97.5 Å². The summed E-state index contributed by atoms with van der Waals surface area (Å²) in [6.45, 7) is 1.78. The van der Waals surface area contributed by atoms with E-state index in [1.807, 2.05) is 6.07 Å². The molecule has 0 saturated heterocycles. The van der Waals surface area contributed by atoms with Crippen molar-refractivity contribution in [2.45, 2.75) is 24.3 Å². The zero-order valence-corrected chi connectivity index (χ0v) is 10.2. The lowest BCUT2D eigenvalue weighted by molar-refractivity contribution is -0.140. The van der Waals surface area contributed by atoms with E-state index in [9.17, 15) is 9.00 Å². The molecule has 0 saturated carbocycles. The molecule has 0 radical (unpaired) electrons. The zero-order chi connectivity index (χ0) is 12.0. The van der Waals surface area contributed by atoms with Gasteiger partial charge in [0.2, 0.25) is 0 Å². The number of nitrogens with zero attached hydrogens (tertiary/aromatic N) is 1. The van der Waals surface area contributed by atoms with E-state index in [-0.39, 0.29) is 17.6 Å². The molecule has 0 aromatic carbocycles. The summed E-state index contributed by atoms with van der Waals surface area (Å²) >= 11 is 0. The van der Waals surface area contributed by atoms with Crippen LogP contribution in [-0.2, 0) is 26.1 Å². The molecule has 0 aliphatic carbocycles. The van der Waals surface area contributed by atoms with Gasteiger partial charge in [-0.1, -0.05) is 13.0 Å². The van der Waals surface area contributed by atoms with E-state index in [1.165, 1.54) is 7.11 Å². The van der Waals surface area contributed by atoms with Crippen LogP contribution in [0.5, 0.6) is 0 Å². The van der Waals surface area contributed by atoms with Gasteiger partial charge in [0.15, 0.2) is 0 Å². The minimum Gasteiger partial charge on any atom is -0.469 e. The number of rotatable bonds is 5. The average Bonchev–Trinajstić information content (AvgIpc) is 2.30. The predicted molar refractivity (Wildman–Crippen MR) is 62.2 cm³/mol. The molecular weight excluding hydrogens is 226 g/mol. The van der Waals surface area contributed by atoms with Gasteiger partial charge in [0.05, 0.1) is 19.3 Å². The van der Waals surface area contributed by atoms with Gasteiger partial charge in [0, 0.05) is 28.4 Å². The highest BCUT2D eigenvalue weighted by Gasteiger charge is 2.16. The molecule has 4 nitrogen and oxygen atoms in total. The second-order valence-electron chi connectivity index (χ2n) is 3.48. The predicted octanol–water partition coefficient (Wildman–Crippen LogP) is 1.28. The minimum absolute atomic E-state index is 0.184. The first-order valence-corrected chi connectivity index (χ1v) is 6.34. The van der Waals surface area contributed by atoms with Crippen molar-refractivity contribution in [2.75, 3.05) is 7.11 Å². The molecule has 0 fully saturated rings. The van der Waals surface area contributed by atoms with Crippen LogP contribution < -0.4 is 0 Å². The summed E-state index contributed by atoms with van der Waals surface area (Å²) < 4.78 is 16.4. The number of aromatic nitrogens is 1. The Hall–Kier alpha value is -1.23. The SMILES string of the molecule is COC(=O)CC(C)S(=O)Cc1cccnc1. The summed E-state index contributed by atoms with van der Waals surface area (Å²) in [6, 6.07) is 3.67. The number of hydrogen-bond acceptors (Lipinski definition) is 4. The van der Waals surface area contributed by atoms with Crippen LogP contribution in [0.4, 0.5) is 0 Å². The van der Waals surface area contributed by atoms with Crippen molar-refractivity contribution in [3.8, 4) is 0 Å². The van der Waals surface area contributed by atoms with Crippen molar-refractivity contribution in [2.24, 2.45) is 0 Å². The summed E-state index contributed by atoms with van der Waals surface area (Å²) in [5.74, 6) is 0.0958. The molecule has 0 aliphatic heterocycles. The van der Waals surface area contributed by atoms with Crippen molar-refractivity contribution in [3.05, 3.63) is 30.1 Å². The molecule has 0 spiro atoms. The van der Waals surface area contributed by atoms with E-state index in [1.54, 1.807) is 25.4 Å². The molecule has 0 N–H and O–H groups in total. The number of carbonyl (C=O) groups excluding carboxylic acids is 1. The van der Waals surface area contributed by atoms with Gasteiger partial charge >= 0.3 is 5.97 Å². The third-order valence-electron chi connectivity index (χ3n) is 2.16. The fourth-order valence-corrected chi connectivity index (χ4v) is 2.31. The number of carbonyl (C=O) groups is 1. The fourth-order valence-electron chi connectivity index (χ4n) is 1.20. The van der Waals surface area contributed by atoms with Gasteiger partial charge in [0.25, 0.3) is 0 Å². The van der Waals surface area contributed by atoms with Crippen LogP contribution in [-0.4, -0.2) is 27.5 Å². The molecule has 1 aromatic rings. The zero-order valence-electron chi connectivity index (χ0n) is 9.38. The summed E-state index contributed by atoms with van der Waals surface area (Å²) in [7, 11) is 0.254. The normalized spacial score (nSPS) is 14.1. The number of methoxy groups -OCH3 is 1. The molecule has 5 heteroatoms. The number of hydrogen-bond donors (Lipinski definition) is 0. The van der Waals surface area contributed by atoms with Crippen LogP contribution >= 0.6 is 0 Å². The van der Waals surface area contributed by atoms with E-state index in [0.717, 1.165) is 5.56 Å². The number of esters is 1. The largest absolute Gasteiger partial charge is 0.469 e. The second-order valence-corrected chi connectivity index (χ2v) is 5.33. The Balaban J connectivity index is 2.49. The Morgan fingerprint density at radius 1 is 1.62 bits per heavy atom. The molecule has 2 unspecified atom stereocenters. The van der Waals surface area contributed by atoms with E-state index >= 15 is 0 Å². The second kappa shape index (κ2) is 6.37. The Morgan fingerprint density at radius 3 is 2.94 bits per heavy atom. The highest BCUT2D eigenvalue weighted by atomic mass is 32.2. The van der Waals surface area contributed by atoms with Gasteiger partial charge in [-0.3, -0.25) is 14.0 Å². The monoisotopic (exact) mass is 241 g/mol. The average molecular weight is 241 g/mol. The van der Waals surface area contributed by atoms with Crippen molar-refractivity contribution < 1.29 is 13.7 Å². The molecule has 16 heavy (non-hydrogen) atoms. The van der Waals surface area contributed by atoms with Crippen LogP contribution in [0.3, 0.4) is 0 Å². The van der Waals surface area contributed by atoms with Crippen molar-refractivity contribution in [1.29, 1.82) is 0 Å². The quantitative estimate of drug-likeness (QED) is 0.729. The molecule has 88 valence electrons. The third kappa shape index (κ3) is 4.10. The lowest BCUT2D eigenvalue weighted by Crippen LogP contribution is -2.18. The van der Waals surface area contributed by atoms with Crippen LogP contribution in [0.1, 0.15) is 18.9 Å². The smallest absolute Gasteiger partial charge is 0.306 e. The summed E-state index contributed by atoms with van der Waals surface area (Å²) in [4.78, 5) is 15.0. The molecule has 2 atom stereocenters. The van der Waals surface area contributed by atoms with Crippen LogP contribution in [0, 0.1) is 0 Å². The Bertz CT molecular complexity index is 367. The standard InChI is InChI=1S/C11H15NO3S/c1-9(6-11(13)15-2)16(14)8-10-4-3-5-12-7-10/h3-5,7,9H,6,8H2,1-2H3. The van der Waals surface area contributed by atoms with Gasteiger partial charge in [-0.2, -0.15) is 0 Å². The van der Waals surface area contributed by atoms with Crippen molar-refractivity contribution in [3.63, 3.8) is 0 Å². The van der Waals surface area contributed by atoms with Gasteiger partial charge in [-0.05, 0) is 11.6 Å².